The van der Waals surface area contributed by atoms with Crippen LogP contribution in [0.1, 0.15) is 11.4 Å². The van der Waals surface area contributed by atoms with E-state index in [1.54, 1.807) is 24.6 Å². The Morgan fingerprint density at radius 2 is 1.68 bits per heavy atom. The van der Waals surface area contributed by atoms with Gasteiger partial charge < -0.3 is 5.32 Å². The number of nitrogens with one attached hydrogen (secondary N) is 1. The molecular weight excluding hydrogens is 396 g/mol. The number of aromatic nitrogens is 4. The monoisotopic (exact) mass is 416 g/mol. The van der Waals surface area contributed by atoms with Crippen molar-refractivity contribution in [2.45, 2.75) is 20.4 Å². The Morgan fingerprint density at radius 3 is 2.29 bits per heavy atom. The number of carbonyl (C=O) groups is 1. The van der Waals surface area contributed by atoms with E-state index in [-0.39, 0.29) is 23.8 Å². The third kappa shape index (κ3) is 4.06. The first-order valence-corrected chi connectivity index (χ1v) is 9.63. The Morgan fingerprint density at radius 1 is 1.03 bits per heavy atom. The number of nitro groups is 1. The molecule has 1 amide bonds. The maximum absolute atomic E-state index is 12.8. The molecule has 2 aromatic heterocycles. The average molecular weight is 416 g/mol. The zero-order chi connectivity index (χ0) is 22.0. The predicted octanol–water partition coefficient (Wildman–Crippen LogP) is 3.90. The number of amides is 1. The van der Waals surface area contributed by atoms with Crippen molar-refractivity contribution in [3.8, 4) is 16.9 Å². The molecule has 0 aliphatic heterocycles. The van der Waals surface area contributed by atoms with Gasteiger partial charge in [-0.1, -0.05) is 48.5 Å². The van der Waals surface area contributed by atoms with E-state index in [0.29, 0.717) is 17.2 Å². The second-order valence-corrected chi connectivity index (χ2v) is 7.01. The van der Waals surface area contributed by atoms with E-state index in [9.17, 15) is 14.9 Å². The molecule has 0 saturated carbocycles. The summed E-state index contributed by atoms with van der Waals surface area (Å²) >= 11 is 0. The van der Waals surface area contributed by atoms with Gasteiger partial charge in [0, 0.05) is 11.6 Å². The van der Waals surface area contributed by atoms with E-state index in [0.717, 1.165) is 11.3 Å². The molecule has 0 unspecified atom stereocenters. The zero-order valence-electron chi connectivity index (χ0n) is 17.0. The number of hydrogen-bond acceptors (Lipinski definition) is 5. The first-order valence-electron chi connectivity index (χ1n) is 9.63. The minimum absolute atomic E-state index is 0.0755. The lowest BCUT2D eigenvalue weighted by Gasteiger charge is -2.09. The molecule has 2 aromatic carbocycles. The van der Waals surface area contributed by atoms with Gasteiger partial charge in [0.15, 0.2) is 0 Å². The van der Waals surface area contributed by atoms with E-state index in [1.165, 1.54) is 4.68 Å². The maximum Gasteiger partial charge on any atom is 0.312 e. The van der Waals surface area contributed by atoms with Crippen LogP contribution < -0.4 is 5.32 Å². The second-order valence-electron chi connectivity index (χ2n) is 7.01. The molecule has 0 saturated heterocycles. The van der Waals surface area contributed by atoms with Gasteiger partial charge in [0.05, 0.1) is 16.3 Å². The molecule has 31 heavy (non-hydrogen) atoms. The summed E-state index contributed by atoms with van der Waals surface area (Å²) < 4.78 is 2.99. The molecule has 0 radical (unpaired) electrons. The third-order valence-electron chi connectivity index (χ3n) is 4.87. The summed E-state index contributed by atoms with van der Waals surface area (Å²) in [6.07, 6.45) is 0. The molecule has 0 aliphatic carbocycles. The van der Waals surface area contributed by atoms with Gasteiger partial charge >= 0.3 is 5.69 Å². The van der Waals surface area contributed by atoms with Crippen LogP contribution >= 0.6 is 0 Å². The first-order chi connectivity index (χ1) is 14.9. The van der Waals surface area contributed by atoms with Crippen LogP contribution in [0.4, 0.5) is 11.5 Å². The van der Waals surface area contributed by atoms with Gasteiger partial charge in [-0.15, -0.1) is 0 Å². The Kier molecular flexibility index (Phi) is 5.31. The fraction of sp³-hybridized carbons (Fsp3) is 0.136. The summed E-state index contributed by atoms with van der Waals surface area (Å²) in [4.78, 5) is 23.5. The van der Waals surface area contributed by atoms with Gasteiger partial charge in [-0.05, 0) is 26.0 Å². The Hall–Kier alpha value is -4.27. The highest BCUT2D eigenvalue weighted by Crippen LogP contribution is 2.25. The minimum atomic E-state index is -0.483. The summed E-state index contributed by atoms with van der Waals surface area (Å²) in [5.41, 5.74) is 2.95. The highest BCUT2D eigenvalue weighted by atomic mass is 16.6. The number of para-hydroxylation sites is 1. The number of anilines is 1. The molecular formula is C22H20N6O3. The van der Waals surface area contributed by atoms with Gasteiger partial charge in [-0.3, -0.25) is 19.6 Å². The van der Waals surface area contributed by atoms with Crippen LogP contribution in [0.3, 0.4) is 0 Å². The highest BCUT2D eigenvalue weighted by molar-refractivity contribution is 5.90. The number of hydrogen-bond donors (Lipinski definition) is 1. The summed E-state index contributed by atoms with van der Waals surface area (Å²) in [5, 5.41) is 22.9. The molecule has 1 N–H and O–H groups in total. The van der Waals surface area contributed by atoms with E-state index in [1.807, 2.05) is 60.7 Å². The van der Waals surface area contributed by atoms with Crippen molar-refractivity contribution in [3.05, 3.63) is 88.2 Å². The third-order valence-corrected chi connectivity index (χ3v) is 4.87. The smallest absolute Gasteiger partial charge is 0.309 e. The average Bonchev–Trinajstić information content (AvgIpc) is 3.29. The van der Waals surface area contributed by atoms with Crippen LogP contribution in [0.2, 0.25) is 0 Å². The van der Waals surface area contributed by atoms with Crippen LogP contribution in [0.15, 0.2) is 66.7 Å². The predicted molar refractivity (Wildman–Crippen MR) is 116 cm³/mol. The fourth-order valence-corrected chi connectivity index (χ4v) is 3.41. The van der Waals surface area contributed by atoms with Crippen LogP contribution in [-0.2, 0) is 11.3 Å². The topological polar surface area (TPSA) is 108 Å². The van der Waals surface area contributed by atoms with Crippen molar-refractivity contribution >= 4 is 17.4 Å². The largest absolute Gasteiger partial charge is 0.312 e. The maximum atomic E-state index is 12.8. The molecule has 0 bridgehead atoms. The molecule has 9 nitrogen and oxygen atoms in total. The molecule has 156 valence electrons. The molecule has 0 aliphatic rings. The van der Waals surface area contributed by atoms with Gasteiger partial charge in [0.2, 0.25) is 5.91 Å². The molecule has 4 rings (SSSR count). The van der Waals surface area contributed by atoms with E-state index >= 15 is 0 Å². The molecule has 4 aromatic rings. The van der Waals surface area contributed by atoms with E-state index in [4.69, 9.17) is 0 Å². The lowest BCUT2D eigenvalue weighted by Crippen LogP contribution is -2.22. The molecule has 0 spiro atoms. The van der Waals surface area contributed by atoms with Crippen molar-refractivity contribution in [1.82, 2.24) is 19.6 Å². The van der Waals surface area contributed by atoms with Crippen LogP contribution in [0.25, 0.3) is 16.9 Å². The SMILES string of the molecule is Cc1nn(CC(=O)Nc2cc(-c3ccccc3)nn2-c2ccccc2)c(C)c1[N+](=O)[O-]. The standard InChI is InChI=1S/C22H20N6O3/c1-15-22(28(30)31)16(2)26(24-15)14-21(29)23-20-13-19(17-9-5-3-6-10-17)25-27(20)18-11-7-4-8-12-18/h3-13H,14H2,1-2H3,(H,23,29). The van der Waals surface area contributed by atoms with Crippen molar-refractivity contribution in [2.24, 2.45) is 0 Å². The van der Waals surface area contributed by atoms with Gasteiger partial charge in [-0.25, -0.2) is 4.68 Å². The number of aryl methyl sites for hydroxylation is 1. The zero-order valence-corrected chi connectivity index (χ0v) is 17.0. The van der Waals surface area contributed by atoms with E-state index < -0.39 is 4.92 Å². The van der Waals surface area contributed by atoms with E-state index in [2.05, 4.69) is 15.5 Å². The van der Waals surface area contributed by atoms with Gasteiger partial charge in [-0.2, -0.15) is 10.2 Å². The number of nitrogens with zero attached hydrogens (tertiary/aromatic N) is 5. The van der Waals surface area contributed by atoms with Gasteiger partial charge in [0.1, 0.15) is 23.8 Å². The number of benzene rings is 2. The van der Waals surface area contributed by atoms with Crippen molar-refractivity contribution in [3.63, 3.8) is 0 Å². The number of carbonyl (C=O) groups excluding carboxylic acids is 1. The van der Waals surface area contributed by atoms with Crippen LogP contribution in [0, 0.1) is 24.0 Å². The molecule has 0 atom stereocenters. The molecule has 2 heterocycles. The number of rotatable bonds is 6. The van der Waals surface area contributed by atoms with Gasteiger partial charge in [0.25, 0.3) is 0 Å². The van der Waals surface area contributed by atoms with Crippen molar-refractivity contribution in [2.75, 3.05) is 5.32 Å². The quantitative estimate of drug-likeness (QED) is 0.379. The Bertz CT molecular complexity index is 1250. The van der Waals surface area contributed by atoms with Crippen molar-refractivity contribution in [1.29, 1.82) is 0 Å². The summed E-state index contributed by atoms with van der Waals surface area (Å²) in [6.45, 7) is 2.98. The first kappa shape index (κ1) is 20.0. The molecule has 9 heteroatoms. The lowest BCUT2D eigenvalue weighted by molar-refractivity contribution is -0.386. The van der Waals surface area contributed by atoms with Crippen LogP contribution in [-0.4, -0.2) is 30.4 Å². The fourth-order valence-electron chi connectivity index (χ4n) is 3.41. The second kappa shape index (κ2) is 8.23. The molecule has 0 fully saturated rings. The Labute approximate surface area is 178 Å². The summed E-state index contributed by atoms with van der Waals surface area (Å²) in [7, 11) is 0. The lowest BCUT2D eigenvalue weighted by atomic mass is 10.2. The highest BCUT2D eigenvalue weighted by Gasteiger charge is 2.23. The summed E-state index contributed by atoms with van der Waals surface area (Å²) in [6, 6.07) is 20.9. The van der Waals surface area contributed by atoms with Crippen LogP contribution in [0.5, 0.6) is 0 Å². The van der Waals surface area contributed by atoms with Crippen molar-refractivity contribution < 1.29 is 9.72 Å². The normalized spacial score (nSPS) is 10.8. The Balaban J connectivity index is 1.65. The summed E-state index contributed by atoms with van der Waals surface area (Å²) in [5.74, 6) is 0.128. The minimum Gasteiger partial charge on any atom is -0.309 e.